The van der Waals surface area contributed by atoms with Crippen molar-refractivity contribution in [3.63, 3.8) is 0 Å². The molecule has 412 valence electrons. The van der Waals surface area contributed by atoms with Crippen molar-refractivity contribution in [3.05, 3.63) is 6.92 Å². The molecule has 0 aromatic heterocycles. The molecule has 0 radical (unpaired) electrons. The van der Waals surface area contributed by atoms with Gasteiger partial charge in [0, 0.05) is 37.8 Å². The summed E-state index contributed by atoms with van der Waals surface area (Å²) in [7, 11) is 0. The van der Waals surface area contributed by atoms with E-state index in [1.807, 2.05) is 41.5 Å². The molecular formula is C51H84ClI3N6O10V-. The number of fused-ring (bicyclic) bond motifs is 2. The molecule has 10 atom stereocenters. The van der Waals surface area contributed by atoms with Gasteiger partial charge in [-0.2, -0.15) is 6.92 Å². The number of nitrogens with zero attached hydrogens (tertiary/aromatic N) is 2. The van der Waals surface area contributed by atoms with Gasteiger partial charge in [0.1, 0.15) is 11.6 Å². The van der Waals surface area contributed by atoms with Crippen LogP contribution in [-0.4, -0.2) is 106 Å². The summed E-state index contributed by atoms with van der Waals surface area (Å²) in [5.74, 6) is -4.52. The van der Waals surface area contributed by atoms with Crippen LogP contribution in [0.25, 0.3) is 0 Å². The topological polar surface area (TPSA) is 259 Å². The van der Waals surface area contributed by atoms with Crippen molar-refractivity contribution < 1.29 is 52.8 Å². The van der Waals surface area contributed by atoms with E-state index in [1.54, 1.807) is 37.5 Å². The van der Waals surface area contributed by atoms with E-state index in [0.717, 1.165) is 25.7 Å². The molecule has 7 N–H and O–H groups in total. The monoisotopic (exact) mass is 1410 g/mol. The van der Waals surface area contributed by atoms with E-state index in [9.17, 15) is 43.2 Å². The van der Waals surface area contributed by atoms with Crippen LogP contribution in [0.15, 0.2) is 0 Å². The average Bonchev–Trinajstić information content (AvgIpc) is 4.21. The first kappa shape index (κ1) is 67.0. The molecule has 6 rings (SSSR count). The third-order valence-electron chi connectivity index (χ3n) is 15.4. The molecule has 16 nitrogen and oxygen atoms in total. The normalized spacial score (nSPS) is 25.8. The number of hydrogen-bond acceptors (Lipinski definition) is 11. The Balaban J connectivity index is 0.000000446. The number of amides is 5. The molecule has 21 heteroatoms. The van der Waals surface area contributed by atoms with Crippen molar-refractivity contribution >= 4 is 125 Å². The van der Waals surface area contributed by atoms with Crippen LogP contribution in [0.3, 0.4) is 0 Å². The Morgan fingerprint density at radius 3 is 1.26 bits per heavy atom. The van der Waals surface area contributed by atoms with Gasteiger partial charge in [-0.25, -0.2) is 4.79 Å². The number of ketones is 4. The number of ether oxygens (including phenoxy) is 1. The number of nitrogens with one attached hydrogen (secondary N) is 1. The number of likely N-dealkylation sites (tertiary alicyclic amines) is 2. The number of rotatable bonds is 17. The minimum atomic E-state index is -1.02. The van der Waals surface area contributed by atoms with Gasteiger partial charge in [-0.1, -0.05) is 94.9 Å². The van der Waals surface area contributed by atoms with Crippen LogP contribution in [0.5, 0.6) is 0 Å². The number of carbonyl (C=O) groups is 9. The van der Waals surface area contributed by atoms with Crippen molar-refractivity contribution in [2.45, 2.75) is 178 Å². The first-order valence-corrected chi connectivity index (χ1v) is 38.4. The van der Waals surface area contributed by atoms with Crippen molar-refractivity contribution in [2.24, 2.45) is 86.2 Å². The second-order valence-corrected chi connectivity index (χ2v) is 60.2. The van der Waals surface area contributed by atoms with Crippen LogP contribution >= 0.6 is 72.3 Å². The molecule has 2 aliphatic heterocycles. The zero-order chi connectivity index (χ0) is 54.8. The molecule has 72 heavy (non-hydrogen) atoms. The fourth-order valence-electron chi connectivity index (χ4n) is 10.8. The molecule has 2 saturated heterocycles. The maximum atomic E-state index is 13.9. The Labute approximate surface area is 473 Å². The summed E-state index contributed by atoms with van der Waals surface area (Å²) in [6.07, 6.45) is 4.15. The van der Waals surface area contributed by atoms with E-state index in [0.29, 0.717) is 37.8 Å². The first-order valence-electron chi connectivity index (χ1n) is 24.9. The van der Waals surface area contributed by atoms with Crippen molar-refractivity contribution in [2.75, 3.05) is 13.1 Å². The quantitative estimate of drug-likeness (QED) is 0.0616. The fourth-order valence-corrected chi connectivity index (χ4v) is 10.8. The van der Waals surface area contributed by atoms with Crippen LogP contribution in [0.2, 0.25) is 0 Å². The molecule has 0 aromatic rings. The van der Waals surface area contributed by atoms with Gasteiger partial charge in [0.2, 0.25) is 23.4 Å². The molecule has 4 aliphatic carbocycles. The predicted octanol–water partition coefficient (Wildman–Crippen LogP) is 8.03. The van der Waals surface area contributed by atoms with Gasteiger partial charge in [0.05, 0.1) is 18.1 Å². The van der Waals surface area contributed by atoms with Gasteiger partial charge in [-0.3, -0.25) is 38.4 Å². The number of Topliss-reactive ketones (excluding diaryl/α,β-unsaturated/α-hetero) is 4. The number of halogens is 4. The molecule has 6 fully saturated rings. The number of hydrogen-bond donors (Lipinski definition) is 4. The molecule has 4 saturated carbocycles. The van der Waals surface area contributed by atoms with Gasteiger partial charge in [-0.05, 0) is 90.8 Å². The third-order valence-corrected chi connectivity index (χ3v) is 15.4. The minimum absolute atomic E-state index is 0. The number of nitrogens with two attached hydrogens (primary N) is 3. The molecule has 0 bridgehead atoms. The van der Waals surface area contributed by atoms with Crippen molar-refractivity contribution in [1.82, 2.24) is 15.1 Å². The van der Waals surface area contributed by atoms with Gasteiger partial charge in [0.15, 0.2) is 11.6 Å². The van der Waals surface area contributed by atoms with Crippen molar-refractivity contribution in [1.29, 1.82) is 0 Å². The second-order valence-electron chi connectivity index (χ2n) is 24.8. The van der Waals surface area contributed by atoms with E-state index < -0.39 is 81.9 Å². The molecule has 4 unspecified atom stereocenters. The van der Waals surface area contributed by atoms with Crippen LogP contribution in [0.1, 0.15) is 148 Å². The molecule has 0 spiro atoms. The van der Waals surface area contributed by atoms with Crippen LogP contribution < -0.4 is 22.5 Å². The third kappa shape index (κ3) is 17.7. The van der Waals surface area contributed by atoms with Crippen LogP contribution in [-0.2, 0) is 48.0 Å². The number of primary amides is 2. The Hall–Kier alpha value is -1.15. The Kier molecular flexibility index (Phi) is 24.2. The summed E-state index contributed by atoms with van der Waals surface area (Å²) < 4.78 is 5.39. The Morgan fingerprint density at radius 2 is 0.986 bits per heavy atom. The summed E-state index contributed by atoms with van der Waals surface area (Å²) in [6.45, 7) is 30.8. The number of carbonyl (C=O) groups excluding carboxylic acids is 9. The standard InChI is InChI=1S/C27H43N3O6.C22H35N3O4.C2H5.ClH.3HI.V/c1-25(2,3)21(29-24(35)36-26(4,5)6)23(34)30-13-16-18(27(16,7)8)19(30)17(31)12-15(11-14-9-10-14)20(32)22(28)33;1-21(2,3)18(23)20(29)25-10-13-15(22(13,4)5)16(25)14(26)9-12(8-11-6-7-11)17(27)19(24)28;1-2;;;;;/h14-16,18-19,21H,9-13H2,1-8H3,(H2,28,33)(H,29,35);11-13,15-16,18H,6-10,23H2,1-5H3,(H2,24,28);1H2,2H3;4*1H;/q;;-1;;;;;+3/p-3/t15?,16?,18-,19+,21+;12?,13?,15-,16+,18+;;;;;;/m00....../s1. The van der Waals surface area contributed by atoms with E-state index in [1.165, 1.54) is 0 Å². The molecule has 0 aromatic carbocycles. The van der Waals surface area contributed by atoms with E-state index in [2.05, 4.69) is 99.9 Å². The number of piperidine rings is 2. The second kappa shape index (κ2) is 26.0. The van der Waals surface area contributed by atoms with E-state index in [-0.39, 0.29) is 88.1 Å². The first-order chi connectivity index (χ1) is 32.3. The van der Waals surface area contributed by atoms with Crippen molar-refractivity contribution in [3.8, 4) is 0 Å². The summed E-state index contributed by atoms with van der Waals surface area (Å²) in [5, 5.41) is 2.73. The van der Waals surface area contributed by atoms with Gasteiger partial charge in [0.25, 0.3) is 11.8 Å². The zero-order valence-corrected chi connectivity index (χ0v) is 53.6. The predicted molar refractivity (Wildman–Crippen MR) is 302 cm³/mol. The van der Waals surface area contributed by atoms with Crippen LogP contribution in [0, 0.1) is 75.9 Å². The molecule has 2 heterocycles. The SMILES string of the molecule is CC(C)(C)OC(=O)N[C@H](C(=O)N1CC2[C@@H]([C@H]1C(=O)CC(CC1CC1)C(=O)C(N)=O)C2(C)C)C(C)(C)C.CC(C)(C)[C@H](N)C(=O)N1CC2[C@@H]([C@H]1C(=O)CC(CC1CC1)C(=O)C(N)=O)C2(C)C.Cl.[CH2-]C.[I][V]([I])[I]. The summed E-state index contributed by atoms with van der Waals surface area (Å²) in [4.78, 5) is 117. The van der Waals surface area contributed by atoms with Gasteiger partial charge < -0.3 is 44.0 Å². The maximum absolute atomic E-state index is 13.9. The number of alkyl carbamates (subject to hydrolysis) is 1. The molecule has 6 aliphatic rings. The Bertz CT molecular complexity index is 2030. The van der Waals surface area contributed by atoms with Gasteiger partial charge >= 0.3 is 71.0 Å². The summed E-state index contributed by atoms with van der Waals surface area (Å²) in [6, 6.07) is -2.88. The Morgan fingerprint density at radius 1 is 0.653 bits per heavy atom. The average molecular weight is 1410 g/mol. The van der Waals surface area contributed by atoms with Gasteiger partial charge in [-0.15, -0.1) is 12.4 Å². The summed E-state index contributed by atoms with van der Waals surface area (Å²) in [5.41, 5.74) is 14.8. The molecular weight excluding hydrogens is 1320 g/mol. The summed E-state index contributed by atoms with van der Waals surface area (Å²) >= 11 is 7.39. The fraction of sp³-hybridized carbons (Fsp3) is 0.804. The van der Waals surface area contributed by atoms with Crippen LogP contribution in [0.4, 0.5) is 4.79 Å². The molecule has 5 amide bonds. The van der Waals surface area contributed by atoms with E-state index in [4.69, 9.17) is 21.9 Å². The van der Waals surface area contributed by atoms with E-state index >= 15 is 0 Å². The zero-order valence-electron chi connectivity index (χ0n) is 44.9.